The third-order valence-electron chi connectivity index (χ3n) is 1.99. The van der Waals surface area contributed by atoms with Gasteiger partial charge in [-0.05, 0) is 0 Å². The quantitative estimate of drug-likeness (QED) is 0.670. The van der Waals surface area contributed by atoms with Gasteiger partial charge in [-0.1, -0.05) is 5.21 Å². The second-order valence-corrected chi connectivity index (χ2v) is 2.82. The molecule has 2 aromatic heterocycles. The van der Waals surface area contributed by atoms with Gasteiger partial charge < -0.3 is 9.67 Å². The van der Waals surface area contributed by atoms with E-state index >= 15 is 0 Å². The highest BCUT2D eigenvalue weighted by atomic mass is 16.4. The summed E-state index contributed by atoms with van der Waals surface area (Å²) in [5.74, 6) is -0.958. The molecule has 0 bridgehead atoms. The maximum atomic E-state index is 10.7. The van der Waals surface area contributed by atoms with Crippen LogP contribution in [0.1, 0.15) is 10.5 Å². The first-order chi connectivity index (χ1) is 6.11. The first-order valence-electron chi connectivity index (χ1n) is 3.69. The number of carbonyl (C=O) groups is 1. The van der Waals surface area contributed by atoms with Crippen LogP contribution < -0.4 is 0 Å². The molecule has 2 heterocycles. The van der Waals surface area contributed by atoms with Crippen molar-refractivity contribution in [3.8, 4) is 0 Å². The lowest BCUT2D eigenvalue weighted by Gasteiger charge is -1.98. The molecule has 0 atom stereocenters. The lowest BCUT2D eigenvalue weighted by atomic mass is 10.4. The fourth-order valence-corrected chi connectivity index (χ4v) is 1.40. The summed E-state index contributed by atoms with van der Waals surface area (Å²) in [5.41, 5.74) is 1.52. The molecule has 2 rings (SSSR count). The van der Waals surface area contributed by atoms with E-state index in [-0.39, 0.29) is 5.69 Å². The van der Waals surface area contributed by atoms with Crippen molar-refractivity contribution in [1.82, 2.24) is 19.6 Å². The molecule has 2 aromatic rings. The fourth-order valence-electron chi connectivity index (χ4n) is 1.40. The molecule has 0 aliphatic rings. The molecule has 0 fully saturated rings. The van der Waals surface area contributed by atoms with Crippen LogP contribution in [0.2, 0.25) is 0 Å². The molecule has 0 aliphatic carbocycles. The second kappa shape index (κ2) is 2.32. The van der Waals surface area contributed by atoms with E-state index in [1.165, 1.54) is 6.07 Å². The molecule has 0 radical (unpaired) electrons. The molecule has 6 heteroatoms. The van der Waals surface area contributed by atoms with Gasteiger partial charge in [-0.15, -0.1) is 5.10 Å². The Labute approximate surface area is 73.4 Å². The number of hydrogen-bond acceptors (Lipinski definition) is 3. The zero-order chi connectivity index (χ0) is 9.59. The summed E-state index contributed by atoms with van der Waals surface area (Å²) in [7, 11) is 3.40. The minimum atomic E-state index is -0.958. The molecule has 0 spiro atoms. The van der Waals surface area contributed by atoms with Gasteiger partial charge in [0.2, 0.25) is 0 Å². The summed E-state index contributed by atoms with van der Waals surface area (Å²) >= 11 is 0. The molecule has 0 aromatic carbocycles. The van der Waals surface area contributed by atoms with Gasteiger partial charge in [0, 0.05) is 20.2 Å². The summed E-state index contributed by atoms with van der Waals surface area (Å²) in [6, 6.07) is 1.50. The van der Waals surface area contributed by atoms with E-state index in [9.17, 15) is 4.79 Å². The average Bonchev–Trinajstić information content (AvgIpc) is 2.55. The summed E-state index contributed by atoms with van der Waals surface area (Å²) in [5, 5.41) is 16.4. The molecule has 0 unspecified atom stereocenters. The van der Waals surface area contributed by atoms with Crippen LogP contribution in [-0.4, -0.2) is 30.6 Å². The summed E-state index contributed by atoms with van der Waals surface area (Å²) in [4.78, 5) is 10.7. The maximum Gasteiger partial charge on any atom is 0.352 e. The number of aromatic nitrogens is 4. The first-order valence-corrected chi connectivity index (χ1v) is 3.69. The Morgan fingerprint density at radius 2 is 2.23 bits per heavy atom. The van der Waals surface area contributed by atoms with Gasteiger partial charge in [0.05, 0.1) is 0 Å². The molecule has 0 aliphatic heterocycles. The summed E-state index contributed by atoms with van der Waals surface area (Å²) in [6.07, 6.45) is 0. The van der Waals surface area contributed by atoms with Gasteiger partial charge in [-0.2, -0.15) is 0 Å². The van der Waals surface area contributed by atoms with Crippen molar-refractivity contribution in [1.29, 1.82) is 0 Å². The lowest BCUT2D eigenvalue weighted by molar-refractivity contribution is 0.0687. The molecule has 13 heavy (non-hydrogen) atoms. The van der Waals surface area contributed by atoms with Gasteiger partial charge in [-0.3, -0.25) is 0 Å². The number of nitrogens with zero attached hydrogens (tertiary/aromatic N) is 4. The normalized spacial score (nSPS) is 10.9. The molecule has 0 amide bonds. The van der Waals surface area contributed by atoms with Gasteiger partial charge in [-0.25, -0.2) is 9.48 Å². The van der Waals surface area contributed by atoms with Crippen molar-refractivity contribution in [2.45, 2.75) is 0 Å². The third-order valence-corrected chi connectivity index (χ3v) is 1.99. The topological polar surface area (TPSA) is 72.9 Å². The van der Waals surface area contributed by atoms with Crippen LogP contribution in [0.25, 0.3) is 11.2 Å². The predicted octanol–water partition coefficient (Wildman–Crippen LogP) is 0.00500. The highest BCUT2D eigenvalue weighted by Gasteiger charge is 2.15. The van der Waals surface area contributed by atoms with Gasteiger partial charge in [0.25, 0.3) is 0 Å². The van der Waals surface area contributed by atoms with Crippen molar-refractivity contribution < 1.29 is 9.90 Å². The number of carboxylic acid groups (broad SMARTS) is 1. The maximum absolute atomic E-state index is 10.7. The van der Waals surface area contributed by atoms with Crippen LogP contribution in [0.3, 0.4) is 0 Å². The van der Waals surface area contributed by atoms with E-state index in [1.54, 1.807) is 23.3 Å². The van der Waals surface area contributed by atoms with Crippen LogP contribution >= 0.6 is 0 Å². The Morgan fingerprint density at radius 3 is 2.77 bits per heavy atom. The number of rotatable bonds is 1. The van der Waals surface area contributed by atoms with E-state index in [0.29, 0.717) is 11.2 Å². The molecule has 0 saturated carbocycles. The van der Waals surface area contributed by atoms with E-state index in [0.717, 1.165) is 0 Å². The SMILES string of the molecule is Cn1nnc2cc(C(=O)O)n(C)c21. The molecule has 1 N–H and O–H groups in total. The number of hydrogen-bond donors (Lipinski definition) is 1. The Hall–Kier alpha value is -1.85. The Kier molecular flexibility index (Phi) is 1.39. The van der Waals surface area contributed by atoms with E-state index in [2.05, 4.69) is 10.3 Å². The van der Waals surface area contributed by atoms with Crippen LogP contribution in [0.5, 0.6) is 0 Å². The first kappa shape index (κ1) is 7.78. The summed E-state index contributed by atoms with van der Waals surface area (Å²) in [6.45, 7) is 0. The summed E-state index contributed by atoms with van der Waals surface area (Å²) < 4.78 is 3.10. The zero-order valence-electron chi connectivity index (χ0n) is 7.22. The molecule has 6 nitrogen and oxygen atoms in total. The highest BCUT2D eigenvalue weighted by molar-refractivity contribution is 5.92. The largest absolute Gasteiger partial charge is 0.477 e. The van der Waals surface area contributed by atoms with Crippen LogP contribution in [0.4, 0.5) is 0 Å². The van der Waals surface area contributed by atoms with Crippen molar-refractivity contribution in [3.63, 3.8) is 0 Å². The van der Waals surface area contributed by atoms with Crippen molar-refractivity contribution >= 4 is 17.1 Å². The van der Waals surface area contributed by atoms with Crippen LogP contribution in [-0.2, 0) is 14.1 Å². The Bertz CT molecular complexity index is 482. The lowest BCUT2D eigenvalue weighted by Crippen LogP contribution is -2.06. The minimum Gasteiger partial charge on any atom is -0.477 e. The predicted molar refractivity (Wildman–Crippen MR) is 44.4 cm³/mol. The van der Waals surface area contributed by atoms with Gasteiger partial charge in [0.15, 0.2) is 5.65 Å². The van der Waals surface area contributed by atoms with Crippen LogP contribution in [0, 0.1) is 0 Å². The Morgan fingerprint density at radius 1 is 1.54 bits per heavy atom. The van der Waals surface area contributed by atoms with E-state index < -0.39 is 5.97 Å². The number of fused-ring (bicyclic) bond motifs is 1. The van der Waals surface area contributed by atoms with Gasteiger partial charge in [0.1, 0.15) is 11.2 Å². The van der Waals surface area contributed by atoms with Crippen LogP contribution in [0.15, 0.2) is 6.07 Å². The van der Waals surface area contributed by atoms with E-state index in [1.807, 2.05) is 0 Å². The zero-order valence-corrected chi connectivity index (χ0v) is 7.22. The average molecular weight is 180 g/mol. The number of aryl methyl sites for hydroxylation is 2. The third kappa shape index (κ3) is 0.915. The fraction of sp³-hybridized carbons (Fsp3) is 0.286. The minimum absolute atomic E-state index is 0.218. The number of aromatic carboxylic acids is 1. The van der Waals surface area contributed by atoms with E-state index in [4.69, 9.17) is 5.11 Å². The van der Waals surface area contributed by atoms with Crippen molar-refractivity contribution in [2.24, 2.45) is 14.1 Å². The molecular weight excluding hydrogens is 172 g/mol. The molecule has 68 valence electrons. The highest BCUT2D eigenvalue weighted by Crippen LogP contribution is 2.14. The molecule has 0 saturated heterocycles. The second-order valence-electron chi connectivity index (χ2n) is 2.82. The van der Waals surface area contributed by atoms with Crippen molar-refractivity contribution in [3.05, 3.63) is 11.8 Å². The van der Waals surface area contributed by atoms with Crippen molar-refractivity contribution in [2.75, 3.05) is 0 Å². The molecular formula is C7H8N4O2. The monoisotopic (exact) mass is 180 g/mol. The Balaban J connectivity index is 2.82. The van der Waals surface area contributed by atoms with Gasteiger partial charge >= 0.3 is 5.97 Å². The standard InChI is InChI=1S/C7H8N4O2/c1-10-5(7(12)13)3-4-6(10)11(2)9-8-4/h3H,1-2H3,(H,12,13). The smallest absolute Gasteiger partial charge is 0.352 e. The number of carboxylic acids is 1.